The molecule has 0 saturated carbocycles. The molecule has 1 fully saturated rings. The first-order valence-corrected chi connectivity index (χ1v) is 6.79. The van der Waals surface area contributed by atoms with Crippen molar-refractivity contribution in [2.75, 3.05) is 0 Å². The zero-order valence-corrected chi connectivity index (χ0v) is 12.5. The van der Waals surface area contributed by atoms with E-state index in [0.29, 0.717) is 10.8 Å². The quantitative estimate of drug-likeness (QED) is 0.718. The van der Waals surface area contributed by atoms with Gasteiger partial charge in [-0.05, 0) is 29.1 Å². The number of rotatable bonds is 3. The highest BCUT2D eigenvalue weighted by Crippen LogP contribution is 2.44. The van der Waals surface area contributed by atoms with Crippen LogP contribution in [0.25, 0.3) is 0 Å². The van der Waals surface area contributed by atoms with E-state index in [1.54, 1.807) is 0 Å². The molecule has 0 aromatic heterocycles. The molecule has 1 N–H and O–H groups in total. The monoisotopic (exact) mass is 225 g/mol. The van der Waals surface area contributed by atoms with Gasteiger partial charge in [0.1, 0.15) is 0 Å². The zero-order valence-electron chi connectivity index (χ0n) is 12.5. The van der Waals surface area contributed by atoms with Crippen LogP contribution in [0.1, 0.15) is 61.8 Å². The van der Waals surface area contributed by atoms with Gasteiger partial charge in [-0.15, -0.1) is 0 Å². The largest absolute Gasteiger partial charge is 0.307 e. The predicted octanol–water partition coefficient (Wildman–Crippen LogP) is 4.08. The lowest BCUT2D eigenvalue weighted by atomic mass is 9.71. The minimum Gasteiger partial charge on any atom is -0.307 e. The summed E-state index contributed by atoms with van der Waals surface area (Å²) in [7, 11) is 0. The normalized spacial score (nSPS) is 28.3. The van der Waals surface area contributed by atoms with Crippen molar-refractivity contribution in [2.45, 2.75) is 73.9 Å². The Bertz CT molecular complexity index is 229. The van der Waals surface area contributed by atoms with E-state index in [1.165, 1.54) is 6.42 Å². The molecule has 0 amide bonds. The maximum Gasteiger partial charge on any atom is 0.0276 e. The second-order valence-electron chi connectivity index (χ2n) is 8.14. The minimum absolute atomic E-state index is 0.408. The van der Waals surface area contributed by atoms with E-state index in [-0.39, 0.29) is 0 Å². The molecule has 0 aliphatic carbocycles. The lowest BCUT2D eigenvalue weighted by molar-refractivity contribution is 0.190. The van der Waals surface area contributed by atoms with Crippen LogP contribution < -0.4 is 5.32 Å². The summed E-state index contributed by atoms with van der Waals surface area (Å²) < 4.78 is 0. The second kappa shape index (κ2) is 4.33. The van der Waals surface area contributed by atoms with Crippen molar-refractivity contribution in [3.8, 4) is 0 Å². The molecule has 1 aliphatic rings. The molecule has 1 nitrogen and oxygen atoms in total. The van der Waals surface area contributed by atoms with Gasteiger partial charge in [-0.3, -0.25) is 0 Å². The predicted molar refractivity (Wildman–Crippen MR) is 72.6 cm³/mol. The average Bonchev–Trinajstić information content (AvgIpc) is 2.74. The molecule has 1 saturated heterocycles. The van der Waals surface area contributed by atoms with E-state index in [0.717, 1.165) is 23.9 Å². The second-order valence-corrected chi connectivity index (χ2v) is 8.14. The van der Waals surface area contributed by atoms with Gasteiger partial charge in [-0.25, -0.2) is 0 Å². The number of hydrogen-bond donors (Lipinski definition) is 1. The van der Waals surface area contributed by atoms with Crippen LogP contribution >= 0.6 is 0 Å². The van der Waals surface area contributed by atoms with Gasteiger partial charge in [0.2, 0.25) is 0 Å². The molecule has 1 aliphatic heterocycles. The van der Waals surface area contributed by atoms with Crippen molar-refractivity contribution in [1.29, 1.82) is 0 Å². The van der Waals surface area contributed by atoms with E-state index in [9.17, 15) is 0 Å². The molecule has 0 spiro atoms. The molecular formula is C15H31N. The standard InChI is InChI=1S/C15H31N/c1-10(2)9-11(14(3,4)5)12-13(16-12)15(6,7)8/h10-13,16H,9H2,1-8H3. The first kappa shape index (κ1) is 14.0. The lowest BCUT2D eigenvalue weighted by Gasteiger charge is -2.33. The smallest absolute Gasteiger partial charge is 0.0276 e. The van der Waals surface area contributed by atoms with Crippen LogP contribution in [0.4, 0.5) is 0 Å². The highest BCUT2D eigenvalue weighted by molar-refractivity contribution is 5.09. The molecule has 0 bridgehead atoms. The third kappa shape index (κ3) is 3.48. The van der Waals surface area contributed by atoms with Gasteiger partial charge in [-0.1, -0.05) is 55.4 Å². The van der Waals surface area contributed by atoms with Crippen LogP contribution in [0.5, 0.6) is 0 Å². The molecule has 1 heteroatoms. The van der Waals surface area contributed by atoms with Gasteiger partial charge < -0.3 is 5.32 Å². The van der Waals surface area contributed by atoms with Crippen molar-refractivity contribution in [2.24, 2.45) is 22.7 Å². The molecule has 0 aromatic rings. The summed E-state index contributed by atoms with van der Waals surface area (Å²) in [5.41, 5.74) is 0.826. The average molecular weight is 225 g/mol. The summed E-state index contributed by atoms with van der Waals surface area (Å²) in [6.45, 7) is 18.9. The van der Waals surface area contributed by atoms with E-state index in [2.05, 4.69) is 60.7 Å². The molecule has 0 radical (unpaired) electrons. The zero-order chi connectivity index (χ0) is 12.7. The first-order valence-electron chi connectivity index (χ1n) is 6.79. The SMILES string of the molecule is CC(C)CC(C1NC1C(C)(C)C)C(C)(C)C. The Morgan fingerprint density at radius 2 is 1.50 bits per heavy atom. The highest BCUT2D eigenvalue weighted by Gasteiger charge is 2.51. The van der Waals surface area contributed by atoms with Crippen LogP contribution in [-0.4, -0.2) is 12.1 Å². The van der Waals surface area contributed by atoms with Crippen molar-refractivity contribution in [3.05, 3.63) is 0 Å². The Kier molecular flexibility index (Phi) is 3.79. The molecule has 1 heterocycles. The van der Waals surface area contributed by atoms with Crippen LogP contribution in [0, 0.1) is 22.7 Å². The summed E-state index contributed by atoms with van der Waals surface area (Å²) in [4.78, 5) is 0. The van der Waals surface area contributed by atoms with Gasteiger partial charge in [0, 0.05) is 12.1 Å². The van der Waals surface area contributed by atoms with E-state index in [1.807, 2.05) is 0 Å². The van der Waals surface area contributed by atoms with Gasteiger partial charge >= 0.3 is 0 Å². The third-order valence-corrected chi connectivity index (χ3v) is 3.83. The van der Waals surface area contributed by atoms with Crippen LogP contribution in [0.15, 0.2) is 0 Å². The van der Waals surface area contributed by atoms with Crippen LogP contribution in [0.2, 0.25) is 0 Å². The van der Waals surface area contributed by atoms with Gasteiger partial charge in [0.25, 0.3) is 0 Å². The molecular weight excluding hydrogens is 194 g/mol. The van der Waals surface area contributed by atoms with Crippen molar-refractivity contribution in [1.82, 2.24) is 5.32 Å². The van der Waals surface area contributed by atoms with Crippen molar-refractivity contribution >= 4 is 0 Å². The topological polar surface area (TPSA) is 21.9 Å². The first-order chi connectivity index (χ1) is 7.03. The molecule has 16 heavy (non-hydrogen) atoms. The highest BCUT2D eigenvalue weighted by atomic mass is 15.2. The maximum absolute atomic E-state index is 3.72. The Morgan fingerprint density at radius 3 is 1.75 bits per heavy atom. The van der Waals surface area contributed by atoms with Crippen molar-refractivity contribution < 1.29 is 0 Å². The Hall–Kier alpha value is -0.0400. The number of nitrogens with one attached hydrogen (secondary N) is 1. The van der Waals surface area contributed by atoms with Crippen LogP contribution in [0.3, 0.4) is 0 Å². The Labute approximate surface area is 102 Å². The summed E-state index contributed by atoms with van der Waals surface area (Å²) in [6.07, 6.45) is 1.34. The number of hydrogen-bond acceptors (Lipinski definition) is 1. The molecule has 3 atom stereocenters. The minimum atomic E-state index is 0.408. The van der Waals surface area contributed by atoms with Gasteiger partial charge in [-0.2, -0.15) is 0 Å². The third-order valence-electron chi connectivity index (χ3n) is 3.83. The molecule has 0 aromatic carbocycles. The van der Waals surface area contributed by atoms with E-state index >= 15 is 0 Å². The van der Waals surface area contributed by atoms with Crippen LogP contribution in [-0.2, 0) is 0 Å². The fourth-order valence-electron chi connectivity index (χ4n) is 2.84. The summed E-state index contributed by atoms with van der Waals surface area (Å²) in [5, 5.41) is 3.72. The lowest BCUT2D eigenvalue weighted by Crippen LogP contribution is -2.30. The fraction of sp³-hybridized carbons (Fsp3) is 1.00. The summed E-state index contributed by atoms with van der Waals surface area (Å²) >= 11 is 0. The van der Waals surface area contributed by atoms with E-state index < -0.39 is 0 Å². The van der Waals surface area contributed by atoms with E-state index in [4.69, 9.17) is 0 Å². The Balaban J connectivity index is 2.67. The molecule has 1 rings (SSSR count). The van der Waals surface area contributed by atoms with Gasteiger partial charge in [0.15, 0.2) is 0 Å². The summed E-state index contributed by atoms with van der Waals surface area (Å²) in [6, 6.07) is 1.46. The fourth-order valence-corrected chi connectivity index (χ4v) is 2.84. The molecule has 3 unspecified atom stereocenters. The molecule has 96 valence electrons. The maximum atomic E-state index is 3.72. The van der Waals surface area contributed by atoms with Crippen molar-refractivity contribution in [3.63, 3.8) is 0 Å². The Morgan fingerprint density at radius 1 is 1.00 bits per heavy atom. The summed E-state index contributed by atoms with van der Waals surface area (Å²) in [5.74, 6) is 1.60. The van der Waals surface area contributed by atoms with Gasteiger partial charge in [0.05, 0.1) is 0 Å².